The van der Waals surface area contributed by atoms with Crippen molar-refractivity contribution in [2.24, 2.45) is 7.05 Å². The summed E-state index contributed by atoms with van der Waals surface area (Å²) in [4.78, 5) is 12.3. The van der Waals surface area contributed by atoms with Crippen LogP contribution in [0.25, 0.3) is 11.3 Å². The molecule has 1 atom stereocenters. The van der Waals surface area contributed by atoms with Crippen molar-refractivity contribution in [1.29, 1.82) is 0 Å². The molecular formula is C19H23N7O. The lowest BCUT2D eigenvalue weighted by Gasteiger charge is -2.14. The highest BCUT2D eigenvalue weighted by Crippen LogP contribution is 2.16. The fourth-order valence-electron chi connectivity index (χ4n) is 2.71. The Morgan fingerprint density at radius 1 is 1.11 bits per heavy atom. The van der Waals surface area contributed by atoms with Crippen LogP contribution in [0.1, 0.15) is 11.6 Å². The van der Waals surface area contributed by atoms with E-state index in [2.05, 4.69) is 31.2 Å². The van der Waals surface area contributed by atoms with Crippen molar-refractivity contribution in [2.75, 3.05) is 25.5 Å². The van der Waals surface area contributed by atoms with Crippen LogP contribution in [0.3, 0.4) is 0 Å². The lowest BCUT2D eigenvalue weighted by molar-refractivity contribution is -0.123. The van der Waals surface area contributed by atoms with Crippen LogP contribution < -0.4 is 16.0 Å². The molecule has 1 unspecified atom stereocenters. The van der Waals surface area contributed by atoms with Crippen LogP contribution in [-0.4, -0.2) is 46.0 Å². The van der Waals surface area contributed by atoms with Gasteiger partial charge in [0.25, 0.3) is 0 Å². The first kappa shape index (κ1) is 18.5. The molecule has 8 nitrogen and oxygen atoms in total. The van der Waals surface area contributed by atoms with E-state index < -0.39 is 6.04 Å². The van der Waals surface area contributed by atoms with Crippen LogP contribution in [0.15, 0.2) is 54.9 Å². The number of rotatable bonds is 8. The molecule has 27 heavy (non-hydrogen) atoms. The summed E-state index contributed by atoms with van der Waals surface area (Å²) in [5, 5.41) is 21.6. The second-order valence-electron chi connectivity index (χ2n) is 6.06. The third kappa shape index (κ3) is 4.89. The molecule has 0 fully saturated rings. The van der Waals surface area contributed by atoms with Gasteiger partial charge in [-0.1, -0.05) is 30.3 Å². The summed E-state index contributed by atoms with van der Waals surface area (Å²) < 4.78 is 1.67. The predicted octanol–water partition coefficient (Wildman–Crippen LogP) is 1.37. The molecule has 0 aliphatic heterocycles. The molecule has 0 spiro atoms. The first-order chi connectivity index (χ1) is 13.2. The average Bonchev–Trinajstić information content (AvgIpc) is 3.13. The molecule has 0 saturated heterocycles. The molecule has 1 aromatic carbocycles. The number of benzene rings is 1. The summed E-state index contributed by atoms with van der Waals surface area (Å²) >= 11 is 0. The van der Waals surface area contributed by atoms with E-state index in [1.165, 1.54) is 0 Å². The van der Waals surface area contributed by atoms with Crippen molar-refractivity contribution < 1.29 is 4.79 Å². The highest BCUT2D eigenvalue weighted by atomic mass is 16.2. The van der Waals surface area contributed by atoms with E-state index in [1.54, 1.807) is 17.9 Å². The molecule has 0 bridgehead atoms. The van der Waals surface area contributed by atoms with E-state index >= 15 is 0 Å². The lowest BCUT2D eigenvalue weighted by atomic mass is 10.1. The Labute approximate surface area is 158 Å². The van der Waals surface area contributed by atoms with Crippen molar-refractivity contribution >= 4 is 11.7 Å². The van der Waals surface area contributed by atoms with Crippen molar-refractivity contribution in [2.45, 2.75) is 6.04 Å². The number of likely N-dealkylation sites (N-methyl/N-ethyl adjacent to an activating group) is 1. The van der Waals surface area contributed by atoms with Crippen LogP contribution in [0.4, 0.5) is 5.82 Å². The van der Waals surface area contributed by atoms with Crippen LogP contribution in [0.5, 0.6) is 0 Å². The Morgan fingerprint density at radius 2 is 1.93 bits per heavy atom. The lowest BCUT2D eigenvalue weighted by Crippen LogP contribution is -2.38. The van der Waals surface area contributed by atoms with Crippen molar-refractivity contribution in [3.05, 3.63) is 60.4 Å². The molecule has 1 amide bonds. The van der Waals surface area contributed by atoms with E-state index in [0.29, 0.717) is 18.9 Å². The summed E-state index contributed by atoms with van der Waals surface area (Å²) in [6.07, 6.45) is 3.51. The Kier molecular flexibility index (Phi) is 6.11. The topological polar surface area (TPSA) is 96.8 Å². The van der Waals surface area contributed by atoms with Gasteiger partial charge in [0, 0.05) is 37.5 Å². The van der Waals surface area contributed by atoms with Crippen molar-refractivity contribution in [3.63, 3.8) is 0 Å². The predicted molar refractivity (Wildman–Crippen MR) is 104 cm³/mol. The zero-order valence-electron chi connectivity index (χ0n) is 15.4. The van der Waals surface area contributed by atoms with Crippen LogP contribution in [-0.2, 0) is 11.8 Å². The van der Waals surface area contributed by atoms with Gasteiger partial charge in [0.1, 0.15) is 11.9 Å². The number of carbonyl (C=O) groups excluding carboxylic acids is 1. The number of nitrogens with zero attached hydrogens (tertiary/aromatic N) is 4. The molecule has 0 radical (unpaired) electrons. The molecule has 0 aliphatic carbocycles. The number of aryl methyl sites for hydroxylation is 1. The zero-order chi connectivity index (χ0) is 19.1. The number of hydrogen-bond acceptors (Lipinski definition) is 6. The standard InChI is InChI=1S/C19H23N7O/c1-20-18(15-12-23-26(2)13-15)19(27)22-11-10-21-17-9-8-16(24-25-17)14-6-4-3-5-7-14/h3-9,12-13,18,20H,10-11H2,1-2H3,(H,21,25)(H,22,27). The Balaban J connectivity index is 1.46. The molecular weight excluding hydrogens is 342 g/mol. The monoisotopic (exact) mass is 365 g/mol. The third-order valence-electron chi connectivity index (χ3n) is 4.07. The minimum absolute atomic E-state index is 0.0993. The van der Waals surface area contributed by atoms with Gasteiger partial charge >= 0.3 is 0 Å². The summed E-state index contributed by atoms with van der Waals surface area (Å²) in [6.45, 7) is 1.02. The maximum atomic E-state index is 12.3. The van der Waals surface area contributed by atoms with Gasteiger partial charge in [-0.05, 0) is 19.2 Å². The summed E-state index contributed by atoms with van der Waals surface area (Å²) in [5.41, 5.74) is 2.67. The second-order valence-corrected chi connectivity index (χ2v) is 6.06. The van der Waals surface area contributed by atoms with Gasteiger partial charge in [0.2, 0.25) is 5.91 Å². The molecule has 2 heterocycles. The van der Waals surface area contributed by atoms with Crippen molar-refractivity contribution in [3.8, 4) is 11.3 Å². The number of nitrogens with one attached hydrogen (secondary N) is 3. The van der Waals surface area contributed by atoms with Gasteiger partial charge in [0.15, 0.2) is 0 Å². The Bertz CT molecular complexity index is 861. The number of anilines is 1. The van der Waals surface area contributed by atoms with Crippen LogP contribution in [0.2, 0.25) is 0 Å². The van der Waals surface area contributed by atoms with Gasteiger partial charge < -0.3 is 16.0 Å². The van der Waals surface area contributed by atoms with E-state index in [0.717, 1.165) is 16.8 Å². The molecule has 3 N–H and O–H groups in total. The Hall–Kier alpha value is -3.26. The Morgan fingerprint density at radius 3 is 2.56 bits per heavy atom. The molecule has 3 rings (SSSR count). The summed E-state index contributed by atoms with van der Waals surface area (Å²) in [7, 11) is 3.57. The van der Waals surface area contributed by atoms with E-state index in [4.69, 9.17) is 0 Å². The first-order valence-corrected chi connectivity index (χ1v) is 8.74. The molecule has 140 valence electrons. The van der Waals surface area contributed by atoms with Gasteiger partial charge in [-0.3, -0.25) is 9.48 Å². The normalized spacial score (nSPS) is 11.8. The highest BCUT2D eigenvalue weighted by molar-refractivity contribution is 5.83. The second kappa shape index (κ2) is 8.91. The smallest absolute Gasteiger partial charge is 0.241 e. The molecule has 0 saturated carbocycles. The minimum atomic E-state index is -0.427. The quantitative estimate of drug-likeness (QED) is 0.522. The summed E-state index contributed by atoms with van der Waals surface area (Å²) in [6, 6.07) is 13.3. The number of carbonyl (C=O) groups is 1. The number of aromatic nitrogens is 4. The molecule has 0 aliphatic rings. The van der Waals surface area contributed by atoms with Gasteiger partial charge in [0.05, 0.1) is 11.9 Å². The van der Waals surface area contributed by atoms with Crippen LogP contribution in [0, 0.1) is 0 Å². The molecule has 2 aromatic heterocycles. The zero-order valence-corrected chi connectivity index (χ0v) is 15.4. The minimum Gasteiger partial charge on any atom is -0.367 e. The maximum absolute atomic E-state index is 12.3. The number of hydrogen-bond donors (Lipinski definition) is 3. The fourth-order valence-corrected chi connectivity index (χ4v) is 2.71. The van der Waals surface area contributed by atoms with Gasteiger partial charge in [-0.25, -0.2) is 0 Å². The largest absolute Gasteiger partial charge is 0.367 e. The van der Waals surface area contributed by atoms with Crippen LogP contribution >= 0.6 is 0 Å². The molecule has 8 heteroatoms. The molecule has 3 aromatic rings. The van der Waals surface area contributed by atoms with Crippen molar-refractivity contribution in [1.82, 2.24) is 30.6 Å². The SMILES string of the molecule is CNC(C(=O)NCCNc1ccc(-c2ccccc2)nn1)c1cnn(C)c1. The first-order valence-electron chi connectivity index (χ1n) is 8.74. The van der Waals surface area contributed by atoms with E-state index in [9.17, 15) is 4.79 Å². The maximum Gasteiger partial charge on any atom is 0.241 e. The fraction of sp³-hybridized carbons (Fsp3) is 0.263. The number of amides is 1. The van der Waals surface area contributed by atoms with Gasteiger partial charge in [-0.2, -0.15) is 5.10 Å². The van der Waals surface area contributed by atoms with E-state index in [-0.39, 0.29) is 5.91 Å². The van der Waals surface area contributed by atoms with Gasteiger partial charge in [-0.15, -0.1) is 10.2 Å². The highest BCUT2D eigenvalue weighted by Gasteiger charge is 2.19. The van der Waals surface area contributed by atoms with E-state index in [1.807, 2.05) is 55.7 Å². The average molecular weight is 365 g/mol. The third-order valence-corrected chi connectivity index (χ3v) is 4.07. The summed E-state index contributed by atoms with van der Waals surface area (Å²) in [5.74, 6) is 0.569.